The molecule has 1 aliphatic heterocycles. The molecule has 0 radical (unpaired) electrons. The monoisotopic (exact) mass is 420 g/mol. The Bertz CT molecular complexity index is 955. The van der Waals surface area contributed by atoms with Crippen molar-refractivity contribution < 1.29 is 14.6 Å². The molecule has 6 nitrogen and oxygen atoms in total. The average molecular weight is 421 g/mol. The lowest BCUT2D eigenvalue weighted by Crippen LogP contribution is -2.39. The highest BCUT2D eigenvalue weighted by molar-refractivity contribution is 6.35. The molecule has 0 spiro atoms. The smallest absolute Gasteiger partial charge is 0.256 e. The van der Waals surface area contributed by atoms with Crippen LogP contribution in [0.25, 0.3) is 0 Å². The minimum Gasteiger partial charge on any atom is -0.492 e. The summed E-state index contributed by atoms with van der Waals surface area (Å²) in [5.41, 5.74) is 3.39. The minimum atomic E-state index is -0.203. The molecule has 0 saturated carbocycles. The number of fused-ring (bicyclic) bond motifs is 1. The number of amides is 1. The van der Waals surface area contributed by atoms with Gasteiger partial charge in [0.05, 0.1) is 23.7 Å². The van der Waals surface area contributed by atoms with Gasteiger partial charge in [-0.25, -0.2) is 0 Å². The maximum atomic E-state index is 13.1. The van der Waals surface area contributed by atoms with E-state index in [1.165, 1.54) is 0 Å². The molecule has 158 valence electrons. The van der Waals surface area contributed by atoms with Crippen LogP contribution in [0.3, 0.4) is 0 Å². The van der Waals surface area contributed by atoms with E-state index in [4.69, 9.17) is 21.4 Å². The first-order valence-corrected chi connectivity index (χ1v) is 9.73. The maximum absolute atomic E-state index is 13.1. The van der Waals surface area contributed by atoms with Gasteiger partial charge in [0.25, 0.3) is 11.5 Å². The van der Waals surface area contributed by atoms with Crippen molar-refractivity contribution in [2.45, 2.75) is 41.2 Å². The number of benzene rings is 1. The van der Waals surface area contributed by atoms with Gasteiger partial charge in [-0.05, 0) is 43.5 Å². The van der Waals surface area contributed by atoms with Crippen LogP contribution in [-0.4, -0.2) is 40.7 Å². The van der Waals surface area contributed by atoms with Gasteiger partial charge in [0.2, 0.25) is 0 Å². The lowest BCUT2D eigenvalue weighted by Gasteiger charge is -2.30. The quantitative estimate of drug-likeness (QED) is 0.749. The molecule has 0 bridgehead atoms. The summed E-state index contributed by atoms with van der Waals surface area (Å²) < 4.78 is 5.69. The maximum Gasteiger partial charge on any atom is 0.256 e. The number of hydrogen-bond donors (Lipinski definition) is 2. The molecule has 1 aromatic carbocycles. The number of ether oxygens (including phenoxy) is 1. The van der Waals surface area contributed by atoms with E-state index in [0.29, 0.717) is 36.4 Å². The number of rotatable bonds is 6. The summed E-state index contributed by atoms with van der Waals surface area (Å²) in [6.45, 7) is 6.66. The molecule has 1 atom stereocenters. The minimum absolute atomic E-state index is 0. The molecule has 0 saturated heterocycles. The van der Waals surface area contributed by atoms with E-state index in [2.05, 4.69) is 4.98 Å². The van der Waals surface area contributed by atoms with Gasteiger partial charge in [-0.15, -0.1) is 0 Å². The van der Waals surface area contributed by atoms with Gasteiger partial charge in [-0.2, -0.15) is 0 Å². The van der Waals surface area contributed by atoms with Crippen molar-refractivity contribution in [2.24, 2.45) is 5.92 Å². The summed E-state index contributed by atoms with van der Waals surface area (Å²) in [6, 6.07) is 5.53. The van der Waals surface area contributed by atoms with Crippen LogP contribution in [0.5, 0.6) is 5.75 Å². The number of nitrogens with zero attached hydrogens (tertiary/aromatic N) is 1. The molecule has 3 rings (SSSR count). The van der Waals surface area contributed by atoms with E-state index < -0.39 is 0 Å². The summed E-state index contributed by atoms with van der Waals surface area (Å²) in [6.07, 6.45) is 0.664. The Morgan fingerprint density at radius 3 is 2.69 bits per heavy atom. The molecule has 2 heterocycles. The van der Waals surface area contributed by atoms with Crippen LogP contribution < -0.4 is 10.3 Å². The molecule has 0 aliphatic carbocycles. The van der Waals surface area contributed by atoms with Gasteiger partial charge >= 0.3 is 0 Å². The van der Waals surface area contributed by atoms with E-state index in [-0.39, 0.29) is 43.0 Å². The summed E-state index contributed by atoms with van der Waals surface area (Å²) >= 11 is 6.50. The number of aromatic amines is 1. The zero-order chi connectivity index (χ0) is 20.4. The van der Waals surface area contributed by atoms with E-state index in [0.717, 1.165) is 16.8 Å². The van der Waals surface area contributed by atoms with Crippen molar-refractivity contribution in [3.63, 3.8) is 0 Å². The van der Waals surface area contributed by atoms with Crippen LogP contribution in [0.15, 0.2) is 23.0 Å². The lowest BCUT2D eigenvalue weighted by molar-refractivity contribution is 0.0725. The second-order valence-electron chi connectivity index (χ2n) is 7.43. The molecule has 29 heavy (non-hydrogen) atoms. The van der Waals surface area contributed by atoms with Gasteiger partial charge in [0.15, 0.2) is 0 Å². The predicted octanol–water partition coefficient (Wildman–Crippen LogP) is 3.49. The van der Waals surface area contributed by atoms with Gasteiger partial charge in [0, 0.05) is 30.3 Å². The highest BCUT2D eigenvalue weighted by Gasteiger charge is 2.29. The predicted molar refractivity (Wildman–Crippen MR) is 115 cm³/mol. The Hall–Kier alpha value is -2.31. The third kappa shape index (κ3) is 4.82. The van der Waals surface area contributed by atoms with Gasteiger partial charge < -0.3 is 19.7 Å². The fraction of sp³-hybridized carbons (Fsp3) is 0.455. The fourth-order valence-electron chi connectivity index (χ4n) is 3.37. The number of aromatic nitrogens is 1. The number of carbonyl (C=O) groups excluding carboxylic acids is 1. The molecule has 2 aromatic rings. The van der Waals surface area contributed by atoms with Crippen LogP contribution in [0.4, 0.5) is 0 Å². The van der Waals surface area contributed by atoms with Gasteiger partial charge in [0.1, 0.15) is 5.75 Å². The fourth-order valence-corrected chi connectivity index (χ4v) is 3.69. The number of pyridine rings is 1. The van der Waals surface area contributed by atoms with E-state index >= 15 is 0 Å². The average Bonchev–Trinajstić information content (AvgIpc) is 2.65. The number of aliphatic hydroxyl groups excluding tert-OH is 1. The topological polar surface area (TPSA) is 82.6 Å². The second-order valence-corrected chi connectivity index (χ2v) is 7.81. The Balaban J connectivity index is 0.00000300. The van der Waals surface area contributed by atoms with E-state index in [1.54, 1.807) is 11.0 Å². The van der Waals surface area contributed by atoms with Crippen molar-refractivity contribution in [1.82, 2.24) is 9.88 Å². The van der Waals surface area contributed by atoms with Crippen LogP contribution >= 0.6 is 11.6 Å². The number of aliphatic hydroxyl groups is 1. The number of carbonyl (C=O) groups is 1. The number of halogens is 1. The molecule has 1 aromatic heterocycles. The molecule has 1 aliphatic rings. The first kappa shape index (κ1) is 23.0. The number of aryl methyl sites for hydroxylation is 2. The lowest BCUT2D eigenvalue weighted by atomic mass is 9.97. The van der Waals surface area contributed by atoms with Crippen LogP contribution in [0.2, 0.25) is 5.02 Å². The first-order valence-electron chi connectivity index (χ1n) is 9.35. The van der Waals surface area contributed by atoms with Crippen LogP contribution in [0.1, 0.15) is 47.1 Å². The van der Waals surface area contributed by atoms with E-state index in [1.807, 2.05) is 32.9 Å². The Kier molecular flexibility index (Phi) is 7.49. The Labute approximate surface area is 176 Å². The largest absolute Gasteiger partial charge is 0.492 e. The SMILES string of the molecule is C.Cc1cc(C)c(CN2CCc3ccc(OC[C@H](C)CO)c(Cl)c3C2=O)c(=O)[nH]1. The number of nitrogens with one attached hydrogen (secondary N) is 1. The molecule has 7 heteroatoms. The zero-order valence-electron chi connectivity index (χ0n) is 16.3. The highest BCUT2D eigenvalue weighted by atomic mass is 35.5. The molecular weight excluding hydrogens is 392 g/mol. The van der Waals surface area contributed by atoms with Gasteiger partial charge in [-0.3, -0.25) is 9.59 Å². The van der Waals surface area contributed by atoms with Crippen molar-refractivity contribution in [3.05, 3.63) is 61.5 Å². The second kappa shape index (κ2) is 9.46. The van der Waals surface area contributed by atoms with Crippen molar-refractivity contribution >= 4 is 17.5 Å². The summed E-state index contributed by atoms with van der Waals surface area (Å²) in [5.74, 6) is 0.196. The summed E-state index contributed by atoms with van der Waals surface area (Å²) in [7, 11) is 0. The van der Waals surface area contributed by atoms with Crippen molar-refractivity contribution in [3.8, 4) is 5.75 Å². The standard InChI is InChI=1S/C21H25ClN2O4.CH4/c1-12(10-25)11-28-17-5-4-15-6-7-24(21(27)18(15)19(17)22)9-16-13(2)8-14(3)23-20(16)26;/h4-5,8,12,25H,6-7,9-11H2,1-3H3,(H,23,26);1H4/t12-;/m1./s1. The first-order chi connectivity index (χ1) is 13.3. The normalized spacial score (nSPS) is 14.2. The summed E-state index contributed by atoms with van der Waals surface area (Å²) in [4.78, 5) is 29.9. The van der Waals surface area contributed by atoms with Crippen LogP contribution in [0, 0.1) is 19.8 Å². The molecule has 0 fully saturated rings. The number of hydrogen-bond acceptors (Lipinski definition) is 4. The van der Waals surface area contributed by atoms with Gasteiger partial charge in [-0.1, -0.05) is 32.0 Å². The molecule has 2 N–H and O–H groups in total. The third-order valence-corrected chi connectivity index (χ3v) is 5.40. The van der Waals surface area contributed by atoms with Crippen molar-refractivity contribution in [2.75, 3.05) is 19.8 Å². The third-order valence-electron chi connectivity index (χ3n) is 5.02. The van der Waals surface area contributed by atoms with Crippen LogP contribution in [-0.2, 0) is 13.0 Å². The molecular formula is C22H29ClN2O4. The Morgan fingerprint density at radius 1 is 1.31 bits per heavy atom. The summed E-state index contributed by atoms with van der Waals surface area (Å²) in [5, 5.41) is 9.44. The van der Waals surface area contributed by atoms with E-state index in [9.17, 15) is 9.59 Å². The molecule has 0 unspecified atom stereocenters. The zero-order valence-corrected chi connectivity index (χ0v) is 17.1. The highest BCUT2D eigenvalue weighted by Crippen LogP contribution is 2.34. The number of H-pyrrole nitrogens is 1. The Morgan fingerprint density at radius 2 is 2.03 bits per heavy atom. The van der Waals surface area contributed by atoms with Crippen molar-refractivity contribution in [1.29, 1.82) is 0 Å². The molecule has 1 amide bonds.